The number of esters is 1. The van der Waals surface area contributed by atoms with E-state index in [0.717, 1.165) is 12.0 Å². The summed E-state index contributed by atoms with van der Waals surface area (Å²) in [6, 6.07) is 8.20. The Hall–Kier alpha value is -2.19. The summed E-state index contributed by atoms with van der Waals surface area (Å²) >= 11 is 4.66. The summed E-state index contributed by atoms with van der Waals surface area (Å²) in [5.41, 5.74) is 11.7. The Morgan fingerprint density at radius 1 is 1.22 bits per heavy atom. The number of carbonyl (C=O) groups excluding carboxylic acids is 2. The van der Waals surface area contributed by atoms with Crippen LogP contribution in [0.15, 0.2) is 30.3 Å². The number of thiocarbonyl (C=S) groups is 1. The van der Waals surface area contributed by atoms with Crippen molar-refractivity contribution >= 4 is 29.5 Å². The molecule has 23 heavy (non-hydrogen) atoms. The highest BCUT2D eigenvalue weighted by Crippen LogP contribution is 2.04. The number of nitrogens with one attached hydrogen (secondary N) is 1. The number of nitrogens with two attached hydrogens (primary N) is 2. The van der Waals surface area contributed by atoms with E-state index in [1.165, 1.54) is 0 Å². The molecule has 0 saturated carbocycles. The Balaban J connectivity index is 2.18. The topological polar surface area (TPSA) is 117 Å². The molecule has 0 bridgehead atoms. The van der Waals surface area contributed by atoms with Crippen molar-refractivity contribution in [3.63, 3.8) is 0 Å². The second-order valence-corrected chi connectivity index (χ2v) is 5.28. The fourth-order valence-electron chi connectivity index (χ4n) is 1.72. The van der Waals surface area contributed by atoms with Gasteiger partial charge in [-0.2, -0.15) is 0 Å². The van der Waals surface area contributed by atoms with Gasteiger partial charge in [-0.05, 0) is 37.0 Å². The summed E-state index contributed by atoms with van der Waals surface area (Å²) in [5, 5.41) is 3.02. The van der Waals surface area contributed by atoms with E-state index in [-0.39, 0.29) is 11.7 Å². The maximum Gasteiger partial charge on any atom is 0.516 e. The van der Waals surface area contributed by atoms with E-state index in [0.29, 0.717) is 19.4 Å². The lowest BCUT2D eigenvalue weighted by Crippen LogP contribution is -2.34. The van der Waals surface area contributed by atoms with Crippen LogP contribution in [0.2, 0.25) is 0 Å². The lowest BCUT2D eigenvalue weighted by molar-refractivity contribution is -0.141. The summed E-state index contributed by atoms with van der Waals surface area (Å²) in [4.78, 5) is 23.1. The van der Waals surface area contributed by atoms with Crippen molar-refractivity contribution in [1.29, 1.82) is 0 Å². The van der Waals surface area contributed by atoms with Gasteiger partial charge in [-0.25, -0.2) is 9.59 Å². The Morgan fingerprint density at radius 2 is 1.91 bits per heavy atom. The van der Waals surface area contributed by atoms with Crippen LogP contribution in [0.5, 0.6) is 0 Å². The largest absolute Gasteiger partial charge is 0.516 e. The van der Waals surface area contributed by atoms with Gasteiger partial charge in [0.2, 0.25) is 0 Å². The lowest BCUT2D eigenvalue weighted by atomic mass is 10.1. The highest BCUT2D eigenvalue weighted by Gasteiger charge is 2.19. The van der Waals surface area contributed by atoms with E-state index in [9.17, 15) is 9.59 Å². The number of ether oxygens (including phenoxy) is 2. The predicted molar refractivity (Wildman–Crippen MR) is 89.3 cm³/mol. The fraction of sp³-hybridized carbons (Fsp3) is 0.400. The van der Waals surface area contributed by atoms with E-state index in [2.05, 4.69) is 22.3 Å². The summed E-state index contributed by atoms with van der Waals surface area (Å²) in [6.45, 7) is 0.642. The molecule has 0 aliphatic heterocycles. The zero-order valence-corrected chi connectivity index (χ0v) is 13.5. The molecule has 0 spiro atoms. The van der Waals surface area contributed by atoms with Crippen LogP contribution in [0, 0.1) is 0 Å². The molecule has 8 heteroatoms. The number of benzene rings is 1. The molecule has 0 radical (unpaired) electrons. The first-order chi connectivity index (χ1) is 11.0. The molecule has 0 fully saturated rings. The highest BCUT2D eigenvalue weighted by molar-refractivity contribution is 7.80. The van der Waals surface area contributed by atoms with Gasteiger partial charge in [-0.3, -0.25) is 0 Å². The molecule has 5 N–H and O–H groups in total. The van der Waals surface area contributed by atoms with Gasteiger partial charge in [0.05, 0.1) is 0 Å². The molecular formula is C15H21N3O4S. The van der Waals surface area contributed by atoms with Crippen molar-refractivity contribution < 1.29 is 19.1 Å². The molecule has 0 aliphatic carbocycles. The minimum Gasteiger partial charge on any atom is -0.429 e. The Morgan fingerprint density at radius 3 is 2.57 bits per heavy atom. The minimum atomic E-state index is -1.05. The van der Waals surface area contributed by atoms with Crippen LogP contribution in [0.1, 0.15) is 24.8 Å². The minimum absolute atomic E-state index is 0.0346. The molecule has 1 aromatic rings. The Kier molecular flexibility index (Phi) is 8.63. The third kappa shape index (κ3) is 8.74. The number of hydrogen-bond acceptors (Lipinski definition) is 6. The van der Waals surface area contributed by atoms with Crippen LogP contribution in [-0.4, -0.2) is 29.8 Å². The van der Waals surface area contributed by atoms with Gasteiger partial charge in [0.25, 0.3) is 0 Å². The SMILES string of the molecule is NC(=S)NCCCC[C@H](N)C(=O)OC(=O)OCc1ccccc1. The third-order valence-corrected chi connectivity index (χ3v) is 3.07. The van der Waals surface area contributed by atoms with Crippen molar-refractivity contribution in [3.05, 3.63) is 35.9 Å². The van der Waals surface area contributed by atoms with E-state index in [1.54, 1.807) is 12.1 Å². The maximum atomic E-state index is 11.6. The molecule has 0 heterocycles. The van der Waals surface area contributed by atoms with E-state index < -0.39 is 18.2 Å². The zero-order chi connectivity index (χ0) is 17.1. The first-order valence-electron chi connectivity index (χ1n) is 7.20. The Labute approximate surface area is 140 Å². The molecule has 126 valence electrons. The normalized spacial score (nSPS) is 11.3. The second-order valence-electron chi connectivity index (χ2n) is 4.84. The first kappa shape index (κ1) is 18.9. The van der Waals surface area contributed by atoms with Crippen LogP contribution in [0.3, 0.4) is 0 Å². The van der Waals surface area contributed by atoms with E-state index in [1.807, 2.05) is 18.2 Å². The predicted octanol–water partition coefficient (Wildman–Crippen LogP) is 1.20. The summed E-state index contributed by atoms with van der Waals surface area (Å²) < 4.78 is 9.39. The molecule has 0 aromatic heterocycles. The second kappa shape index (κ2) is 10.5. The molecule has 1 rings (SSSR count). The van der Waals surface area contributed by atoms with Crippen LogP contribution in [0.25, 0.3) is 0 Å². The van der Waals surface area contributed by atoms with Gasteiger partial charge >= 0.3 is 12.1 Å². The molecule has 1 aromatic carbocycles. The molecule has 1 atom stereocenters. The van der Waals surface area contributed by atoms with E-state index in [4.69, 9.17) is 16.2 Å². The van der Waals surface area contributed by atoms with Crippen LogP contribution >= 0.6 is 12.2 Å². The van der Waals surface area contributed by atoms with Gasteiger partial charge < -0.3 is 26.3 Å². The van der Waals surface area contributed by atoms with Crippen molar-refractivity contribution in [2.45, 2.75) is 31.9 Å². The van der Waals surface area contributed by atoms with Gasteiger partial charge in [0, 0.05) is 6.54 Å². The molecule has 0 saturated heterocycles. The summed E-state index contributed by atoms with van der Waals surface area (Å²) in [6.07, 6.45) is 0.760. The van der Waals surface area contributed by atoms with Crippen LogP contribution in [0.4, 0.5) is 4.79 Å². The van der Waals surface area contributed by atoms with Gasteiger partial charge in [-0.1, -0.05) is 30.3 Å². The monoisotopic (exact) mass is 339 g/mol. The number of rotatable bonds is 8. The lowest BCUT2D eigenvalue weighted by Gasteiger charge is -2.10. The molecule has 0 unspecified atom stereocenters. The first-order valence-corrected chi connectivity index (χ1v) is 7.61. The molecule has 0 amide bonds. The van der Waals surface area contributed by atoms with Crippen molar-refractivity contribution in [1.82, 2.24) is 5.32 Å². The van der Waals surface area contributed by atoms with Gasteiger partial charge in [0.15, 0.2) is 5.11 Å². The van der Waals surface area contributed by atoms with E-state index >= 15 is 0 Å². The van der Waals surface area contributed by atoms with Crippen molar-refractivity contribution in [3.8, 4) is 0 Å². The quantitative estimate of drug-likeness (QED) is 0.280. The standard InChI is InChI=1S/C15H21N3O4S/c16-12(8-4-5-9-18-14(17)23)13(19)22-15(20)21-10-11-6-2-1-3-7-11/h1-3,6-7,12H,4-5,8-10,16H2,(H3,17,18,23)/t12-/m0/s1. The van der Waals surface area contributed by atoms with Crippen LogP contribution in [-0.2, 0) is 20.9 Å². The zero-order valence-electron chi connectivity index (χ0n) is 12.7. The van der Waals surface area contributed by atoms with Crippen molar-refractivity contribution in [2.75, 3.05) is 6.54 Å². The summed E-state index contributed by atoms with van der Waals surface area (Å²) in [5.74, 6) is -0.801. The average Bonchev–Trinajstić information content (AvgIpc) is 2.53. The number of carbonyl (C=O) groups is 2. The number of unbranched alkanes of at least 4 members (excludes halogenated alkanes) is 1. The molecule has 7 nitrogen and oxygen atoms in total. The maximum absolute atomic E-state index is 11.6. The molecular weight excluding hydrogens is 318 g/mol. The number of hydrogen-bond donors (Lipinski definition) is 3. The third-order valence-electron chi connectivity index (χ3n) is 2.93. The van der Waals surface area contributed by atoms with Crippen LogP contribution < -0.4 is 16.8 Å². The fourth-order valence-corrected chi connectivity index (χ4v) is 1.82. The smallest absolute Gasteiger partial charge is 0.429 e. The van der Waals surface area contributed by atoms with Crippen molar-refractivity contribution in [2.24, 2.45) is 11.5 Å². The van der Waals surface area contributed by atoms with Gasteiger partial charge in [0.1, 0.15) is 12.6 Å². The molecule has 0 aliphatic rings. The Bertz CT molecular complexity index is 525. The van der Waals surface area contributed by atoms with Gasteiger partial charge in [-0.15, -0.1) is 0 Å². The highest BCUT2D eigenvalue weighted by atomic mass is 32.1. The average molecular weight is 339 g/mol. The summed E-state index contributed by atoms with van der Waals surface area (Å²) in [7, 11) is 0.